The van der Waals surface area contributed by atoms with E-state index in [-0.39, 0.29) is 23.9 Å². The summed E-state index contributed by atoms with van der Waals surface area (Å²) in [7, 11) is 0. The maximum absolute atomic E-state index is 12.4. The Kier molecular flexibility index (Phi) is 6.59. The summed E-state index contributed by atoms with van der Waals surface area (Å²) in [5.74, 6) is -0.0872. The van der Waals surface area contributed by atoms with Crippen LogP contribution in [0.1, 0.15) is 43.0 Å². The maximum atomic E-state index is 12.4. The molecule has 1 heterocycles. The smallest absolute Gasteiger partial charge is 0.251 e. The average Bonchev–Trinajstić information content (AvgIpc) is 2.55. The van der Waals surface area contributed by atoms with Crippen LogP contribution in [0.3, 0.4) is 0 Å². The highest BCUT2D eigenvalue weighted by Crippen LogP contribution is 2.19. The zero-order valence-corrected chi connectivity index (χ0v) is 15.0. The van der Waals surface area contributed by atoms with E-state index in [1.807, 2.05) is 24.0 Å². The van der Waals surface area contributed by atoms with E-state index in [4.69, 9.17) is 5.73 Å². The largest absolute Gasteiger partial charge is 0.352 e. The standard InChI is InChI=1S/C17H24BrN3O2/c1-12(19)15-4-2-3-11-21(15)16(22)9-10-20-17(23)13-5-7-14(18)8-6-13/h5-8,12,15H,2-4,9-11,19H2,1H3,(H,20,23). The lowest BCUT2D eigenvalue weighted by Gasteiger charge is -2.38. The maximum Gasteiger partial charge on any atom is 0.251 e. The molecule has 23 heavy (non-hydrogen) atoms. The van der Waals surface area contributed by atoms with Gasteiger partial charge in [0.15, 0.2) is 0 Å². The van der Waals surface area contributed by atoms with Gasteiger partial charge in [-0.1, -0.05) is 15.9 Å². The van der Waals surface area contributed by atoms with E-state index in [0.717, 1.165) is 30.3 Å². The molecule has 0 spiro atoms. The molecule has 0 saturated carbocycles. The first-order valence-electron chi connectivity index (χ1n) is 8.08. The van der Waals surface area contributed by atoms with Gasteiger partial charge in [-0.2, -0.15) is 0 Å². The second kappa shape index (κ2) is 8.45. The van der Waals surface area contributed by atoms with Crippen LogP contribution in [0.5, 0.6) is 0 Å². The molecule has 1 saturated heterocycles. The number of carbonyl (C=O) groups is 2. The molecule has 2 rings (SSSR count). The quantitative estimate of drug-likeness (QED) is 0.821. The zero-order chi connectivity index (χ0) is 16.8. The number of piperidine rings is 1. The van der Waals surface area contributed by atoms with E-state index in [2.05, 4.69) is 21.2 Å². The number of benzene rings is 1. The van der Waals surface area contributed by atoms with Crippen molar-refractivity contribution >= 4 is 27.7 Å². The van der Waals surface area contributed by atoms with Gasteiger partial charge in [-0.15, -0.1) is 0 Å². The Balaban J connectivity index is 1.81. The van der Waals surface area contributed by atoms with Crippen molar-refractivity contribution in [2.24, 2.45) is 5.73 Å². The summed E-state index contributed by atoms with van der Waals surface area (Å²) in [5, 5.41) is 2.80. The molecule has 2 amide bonds. The fourth-order valence-corrected chi connectivity index (χ4v) is 3.21. The lowest BCUT2D eigenvalue weighted by atomic mass is 9.96. The Labute approximate surface area is 145 Å². The number of carbonyl (C=O) groups excluding carboxylic acids is 2. The highest BCUT2D eigenvalue weighted by Gasteiger charge is 2.28. The van der Waals surface area contributed by atoms with Gasteiger partial charge in [0.05, 0.1) is 0 Å². The first kappa shape index (κ1) is 17.9. The highest BCUT2D eigenvalue weighted by atomic mass is 79.9. The summed E-state index contributed by atoms with van der Waals surface area (Å²) in [6.45, 7) is 3.06. The van der Waals surface area contributed by atoms with E-state index in [0.29, 0.717) is 18.5 Å². The average molecular weight is 382 g/mol. The molecule has 1 aliphatic heterocycles. The van der Waals surface area contributed by atoms with Crippen molar-refractivity contribution < 1.29 is 9.59 Å². The molecule has 2 atom stereocenters. The van der Waals surface area contributed by atoms with Gasteiger partial charge in [0.25, 0.3) is 5.91 Å². The van der Waals surface area contributed by atoms with E-state index in [1.54, 1.807) is 12.1 Å². The van der Waals surface area contributed by atoms with Gasteiger partial charge in [-0.25, -0.2) is 0 Å². The number of amides is 2. The Morgan fingerprint density at radius 1 is 1.35 bits per heavy atom. The summed E-state index contributed by atoms with van der Waals surface area (Å²) in [4.78, 5) is 26.3. The Hall–Kier alpha value is -1.40. The van der Waals surface area contributed by atoms with Crippen LogP contribution in [0.2, 0.25) is 0 Å². The van der Waals surface area contributed by atoms with Crippen molar-refractivity contribution in [1.82, 2.24) is 10.2 Å². The van der Waals surface area contributed by atoms with E-state index < -0.39 is 0 Å². The summed E-state index contributed by atoms with van der Waals surface area (Å²) < 4.78 is 0.927. The number of likely N-dealkylation sites (tertiary alicyclic amines) is 1. The molecule has 0 aliphatic carbocycles. The Morgan fingerprint density at radius 2 is 2.04 bits per heavy atom. The number of nitrogens with one attached hydrogen (secondary N) is 1. The first-order chi connectivity index (χ1) is 11.0. The van der Waals surface area contributed by atoms with Gasteiger partial charge in [0.2, 0.25) is 5.91 Å². The summed E-state index contributed by atoms with van der Waals surface area (Å²) in [6, 6.07) is 7.24. The third-order valence-corrected chi connectivity index (χ3v) is 4.74. The zero-order valence-electron chi connectivity index (χ0n) is 13.4. The molecule has 3 N–H and O–H groups in total. The molecule has 2 unspecified atom stereocenters. The lowest BCUT2D eigenvalue weighted by molar-refractivity contribution is -0.135. The number of hydrogen-bond donors (Lipinski definition) is 2. The molecular weight excluding hydrogens is 358 g/mol. The van der Waals surface area contributed by atoms with Crippen LogP contribution in [0.4, 0.5) is 0 Å². The lowest BCUT2D eigenvalue weighted by Crippen LogP contribution is -2.52. The predicted octanol–water partition coefficient (Wildman–Crippen LogP) is 2.30. The minimum Gasteiger partial charge on any atom is -0.352 e. The Morgan fingerprint density at radius 3 is 2.70 bits per heavy atom. The van der Waals surface area contributed by atoms with E-state index >= 15 is 0 Å². The third-order valence-electron chi connectivity index (χ3n) is 4.21. The molecular formula is C17H24BrN3O2. The third kappa shape index (κ3) is 5.04. The van der Waals surface area contributed by atoms with Gasteiger partial charge in [0, 0.05) is 41.6 Å². The van der Waals surface area contributed by atoms with E-state index in [1.165, 1.54) is 0 Å². The normalized spacial score (nSPS) is 19.3. The first-order valence-corrected chi connectivity index (χ1v) is 8.87. The monoisotopic (exact) mass is 381 g/mol. The number of rotatable bonds is 5. The van der Waals surface area contributed by atoms with Crippen LogP contribution in [0.15, 0.2) is 28.7 Å². The van der Waals surface area contributed by atoms with Crippen LogP contribution >= 0.6 is 15.9 Å². The molecule has 126 valence electrons. The topological polar surface area (TPSA) is 75.4 Å². The molecule has 1 fully saturated rings. The van der Waals surface area contributed by atoms with Crippen molar-refractivity contribution in [2.75, 3.05) is 13.1 Å². The molecule has 0 aromatic heterocycles. The molecule has 5 nitrogen and oxygen atoms in total. The van der Waals surface area contributed by atoms with Gasteiger partial charge in [-0.3, -0.25) is 9.59 Å². The number of nitrogens with zero attached hydrogens (tertiary/aromatic N) is 1. The second-order valence-corrected chi connectivity index (χ2v) is 6.94. The van der Waals surface area contributed by atoms with Crippen LogP contribution in [-0.4, -0.2) is 41.9 Å². The van der Waals surface area contributed by atoms with Crippen LogP contribution in [0.25, 0.3) is 0 Å². The van der Waals surface area contributed by atoms with Crippen molar-refractivity contribution in [2.45, 2.75) is 44.7 Å². The Bertz CT molecular complexity index is 545. The van der Waals surface area contributed by atoms with Gasteiger partial charge >= 0.3 is 0 Å². The van der Waals surface area contributed by atoms with Crippen molar-refractivity contribution in [3.05, 3.63) is 34.3 Å². The molecule has 1 aromatic rings. The van der Waals surface area contributed by atoms with Crippen molar-refractivity contribution in [1.29, 1.82) is 0 Å². The van der Waals surface area contributed by atoms with E-state index in [9.17, 15) is 9.59 Å². The van der Waals surface area contributed by atoms with Gasteiger partial charge < -0.3 is 16.0 Å². The fraction of sp³-hybridized carbons (Fsp3) is 0.529. The summed E-state index contributed by atoms with van der Waals surface area (Å²) >= 11 is 3.34. The fourth-order valence-electron chi connectivity index (χ4n) is 2.94. The van der Waals surface area contributed by atoms with Gasteiger partial charge in [0.1, 0.15) is 0 Å². The molecule has 6 heteroatoms. The molecule has 0 bridgehead atoms. The number of halogens is 1. The minimum atomic E-state index is -0.160. The van der Waals surface area contributed by atoms with Crippen molar-refractivity contribution in [3.63, 3.8) is 0 Å². The number of nitrogens with two attached hydrogens (primary N) is 1. The summed E-state index contributed by atoms with van der Waals surface area (Å²) in [6.07, 6.45) is 3.43. The molecule has 1 aliphatic rings. The van der Waals surface area contributed by atoms with Crippen LogP contribution in [0, 0.1) is 0 Å². The van der Waals surface area contributed by atoms with Crippen LogP contribution < -0.4 is 11.1 Å². The highest BCUT2D eigenvalue weighted by molar-refractivity contribution is 9.10. The summed E-state index contributed by atoms with van der Waals surface area (Å²) in [5.41, 5.74) is 6.58. The SMILES string of the molecule is CC(N)C1CCCCN1C(=O)CCNC(=O)c1ccc(Br)cc1. The van der Waals surface area contributed by atoms with Crippen LogP contribution in [-0.2, 0) is 4.79 Å². The van der Waals surface area contributed by atoms with Crippen molar-refractivity contribution in [3.8, 4) is 0 Å². The predicted molar refractivity (Wildman–Crippen MR) is 94.1 cm³/mol. The number of hydrogen-bond acceptors (Lipinski definition) is 3. The second-order valence-electron chi connectivity index (χ2n) is 6.02. The minimum absolute atomic E-state index is 0.0170. The molecule has 0 radical (unpaired) electrons. The molecule has 1 aromatic carbocycles. The van der Waals surface area contributed by atoms with Gasteiger partial charge in [-0.05, 0) is 50.5 Å².